The molecule has 146 valence electrons. The van der Waals surface area contributed by atoms with Gasteiger partial charge in [-0.1, -0.05) is 10.2 Å². The molecule has 27 heavy (non-hydrogen) atoms. The second kappa shape index (κ2) is 8.92. The molecule has 1 aromatic carbocycles. The summed E-state index contributed by atoms with van der Waals surface area (Å²) < 4.78 is 41.1. The minimum Gasteiger partial charge on any atom is -0.497 e. The van der Waals surface area contributed by atoms with E-state index < -0.39 is 23.5 Å². The number of nitrogens with zero attached hydrogens (tertiary/aromatic N) is 2. The Balaban J connectivity index is 0.000000208. The lowest BCUT2D eigenvalue weighted by Crippen LogP contribution is -2.14. The fourth-order valence-electron chi connectivity index (χ4n) is 2.39. The molecule has 1 fully saturated rings. The van der Waals surface area contributed by atoms with E-state index in [1.165, 1.54) is 7.11 Å². The molecule has 3 rings (SSSR count). The Morgan fingerprint density at radius 3 is 2.48 bits per heavy atom. The Kier molecular flexibility index (Phi) is 6.63. The number of nitrogens with two attached hydrogens (primary N) is 1. The Morgan fingerprint density at radius 2 is 2.04 bits per heavy atom. The monoisotopic (exact) mass is 384 g/mol. The number of aromatic nitrogens is 2. The molecule has 1 aliphatic rings. The van der Waals surface area contributed by atoms with Crippen LogP contribution in [-0.2, 0) is 9.53 Å². The molecule has 0 bridgehead atoms. The van der Waals surface area contributed by atoms with Gasteiger partial charge in [-0.2, -0.15) is 0 Å². The van der Waals surface area contributed by atoms with Gasteiger partial charge in [0, 0.05) is 36.6 Å². The van der Waals surface area contributed by atoms with Crippen LogP contribution in [-0.4, -0.2) is 42.3 Å². The summed E-state index contributed by atoms with van der Waals surface area (Å²) in [6, 6.07) is 2.11. The first-order chi connectivity index (χ1) is 12.8. The molecule has 1 saturated heterocycles. The molecule has 2 aromatic rings. The summed E-state index contributed by atoms with van der Waals surface area (Å²) in [5.41, 5.74) is 5.02. The zero-order valence-corrected chi connectivity index (χ0v) is 14.6. The standard InChI is InChI=1S/C11H11F2NO2.C5H7N3O3/c1-16-7-3-8(12)11(9(13)4-7)6-2-10(15)14-5-6;1-2-10-4(9)3-7-8-5(6)11-3/h3-4,6H,2,5H2,1H3,(H,14,15);2H2,1H3,(H2,6,8). The smallest absolute Gasteiger partial charge is 0.396 e. The Hall–Kier alpha value is -3.24. The minimum absolute atomic E-state index is 0.0425. The van der Waals surface area contributed by atoms with Crippen LogP contribution in [0.25, 0.3) is 0 Å². The van der Waals surface area contributed by atoms with Crippen molar-refractivity contribution in [1.82, 2.24) is 15.5 Å². The Labute approximate surface area is 152 Å². The van der Waals surface area contributed by atoms with E-state index >= 15 is 0 Å². The number of amides is 1. The number of hydrogen-bond acceptors (Lipinski definition) is 8. The van der Waals surface area contributed by atoms with Gasteiger partial charge in [0.25, 0.3) is 0 Å². The molecule has 11 heteroatoms. The number of esters is 1. The van der Waals surface area contributed by atoms with Crippen LogP contribution in [0.2, 0.25) is 0 Å². The zero-order valence-electron chi connectivity index (χ0n) is 14.6. The fraction of sp³-hybridized carbons (Fsp3) is 0.375. The lowest BCUT2D eigenvalue weighted by Gasteiger charge is -2.11. The fourth-order valence-corrected chi connectivity index (χ4v) is 2.39. The van der Waals surface area contributed by atoms with E-state index in [4.69, 9.17) is 10.5 Å². The second-order valence-corrected chi connectivity index (χ2v) is 5.38. The third-order valence-electron chi connectivity index (χ3n) is 3.56. The zero-order chi connectivity index (χ0) is 20.0. The SMILES string of the molecule is CCOC(=O)c1nnc(N)o1.COc1cc(F)c(C2CNC(=O)C2)c(F)c1. The van der Waals surface area contributed by atoms with Crippen molar-refractivity contribution < 1.29 is 32.3 Å². The van der Waals surface area contributed by atoms with E-state index in [0.717, 1.165) is 12.1 Å². The van der Waals surface area contributed by atoms with Gasteiger partial charge in [-0.15, -0.1) is 0 Å². The van der Waals surface area contributed by atoms with Gasteiger partial charge in [0.05, 0.1) is 13.7 Å². The highest BCUT2D eigenvalue weighted by Gasteiger charge is 2.28. The van der Waals surface area contributed by atoms with E-state index in [1.807, 2.05) is 0 Å². The number of carbonyl (C=O) groups excluding carboxylic acids is 2. The molecular formula is C16H18F2N4O5. The van der Waals surface area contributed by atoms with Crippen LogP contribution in [0.1, 0.15) is 35.5 Å². The molecular weight excluding hydrogens is 366 g/mol. The highest BCUT2D eigenvalue weighted by Crippen LogP contribution is 2.30. The molecule has 3 N–H and O–H groups in total. The topological polar surface area (TPSA) is 130 Å². The van der Waals surface area contributed by atoms with Gasteiger partial charge < -0.3 is 24.9 Å². The molecule has 2 heterocycles. The molecule has 1 aliphatic heterocycles. The summed E-state index contributed by atoms with van der Waals surface area (Å²) in [5, 5.41) is 9.15. The summed E-state index contributed by atoms with van der Waals surface area (Å²) >= 11 is 0. The quantitative estimate of drug-likeness (QED) is 0.757. The van der Waals surface area contributed by atoms with Crippen molar-refractivity contribution in [3.05, 3.63) is 35.2 Å². The molecule has 9 nitrogen and oxygen atoms in total. The van der Waals surface area contributed by atoms with Crippen LogP contribution in [0, 0.1) is 11.6 Å². The lowest BCUT2D eigenvalue weighted by molar-refractivity contribution is -0.119. The number of methoxy groups -OCH3 is 1. The molecule has 1 aromatic heterocycles. The first-order valence-electron chi connectivity index (χ1n) is 7.91. The van der Waals surface area contributed by atoms with Gasteiger partial charge in [-0.25, -0.2) is 13.6 Å². The maximum Gasteiger partial charge on any atom is 0.396 e. The number of halogens is 2. The summed E-state index contributed by atoms with van der Waals surface area (Å²) in [7, 11) is 1.34. The lowest BCUT2D eigenvalue weighted by atomic mass is 9.97. The van der Waals surface area contributed by atoms with Crippen LogP contribution in [0.4, 0.5) is 14.8 Å². The van der Waals surface area contributed by atoms with Gasteiger partial charge >= 0.3 is 17.9 Å². The number of hydrogen-bond donors (Lipinski definition) is 2. The summed E-state index contributed by atoms with van der Waals surface area (Å²) in [4.78, 5) is 21.8. The number of rotatable bonds is 4. The number of ether oxygens (including phenoxy) is 2. The van der Waals surface area contributed by atoms with Crippen LogP contribution in [0.15, 0.2) is 16.5 Å². The molecule has 1 unspecified atom stereocenters. The van der Waals surface area contributed by atoms with Crippen LogP contribution >= 0.6 is 0 Å². The third kappa shape index (κ3) is 5.12. The predicted molar refractivity (Wildman–Crippen MR) is 87.9 cm³/mol. The van der Waals surface area contributed by atoms with E-state index in [-0.39, 0.29) is 48.7 Å². The number of anilines is 1. The second-order valence-electron chi connectivity index (χ2n) is 5.38. The first kappa shape index (κ1) is 20.1. The third-order valence-corrected chi connectivity index (χ3v) is 3.56. The van der Waals surface area contributed by atoms with Crippen molar-refractivity contribution in [1.29, 1.82) is 0 Å². The molecule has 0 radical (unpaired) electrons. The van der Waals surface area contributed by atoms with Crippen molar-refractivity contribution >= 4 is 17.9 Å². The van der Waals surface area contributed by atoms with Crippen LogP contribution < -0.4 is 15.8 Å². The number of benzene rings is 1. The van der Waals surface area contributed by atoms with Crippen molar-refractivity contribution in [2.45, 2.75) is 19.3 Å². The molecule has 1 atom stereocenters. The summed E-state index contributed by atoms with van der Waals surface area (Å²) in [5.74, 6) is -2.69. The minimum atomic E-state index is -0.668. The number of nitrogens with one attached hydrogen (secondary N) is 1. The highest BCUT2D eigenvalue weighted by molar-refractivity contribution is 5.84. The molecule has 0 saturated carbocycles. The average molecular weight is 384 g/mol. The van der Waals surface area contributed by atoms with Crippen molar-refractivity contribution in [3.63, 3.8) is 0 Å². The van der Waals surface area contributed by atoms with Crippen molar-refractivity contribution in [2.24, 2.45) is 0 Å². The molecule has 0 aliphatic carbocycles. The van der Waals surface area contributed by atoms with E-state index in [0.29, 0.717) is 0 Å². The van der Waals surface area contributed by atoms with E-state index in [1.54, 1.807) is 6.92 Å². The summed E-state index contributed by atoms with van der Waals surface area (Å²) in [6.07, 6.45) is 0.125. The molecule has 1 amide bonds. The van der Waals surface area contributed by atoms with Gasteiger partial charge in [0.15, 0.2) is 0 Å². The first-order valence-corrected chi connectivity index (χ1v) is 7.91. The normalized spacial score (nSPS) is 15.6. The van der Waals surface area contributed by atoms with Gasteiger partial charge in [0.2, 0.25) is 5.91 Å². The van der Waals surface area contributed by atoms with Gasteiger partial charge in [-0.05, 0) is 6.92 Å². The Morgan fingerprint density at radius 1 is 1.37 bits per heavy atom. The van der Waals surface area contributed by atoms with Crippen LogP contribution in [0.5, 0.6) is 5.75 Å². The average Bonchev–Trinajstić information content (AvgIpc) is 3.23. The molecule has 0 spiro atoms. The largest absolute Gasteiger partial charge is 0.497 e. The van der Waals surface area contributed by atoms with Crippen molar-refractivity contribution in [3.8, 4) is 5.75 Å². The van der Waals surface area contributed by atoms with Crippen molar-refractivity contribution in [2.75, 3.05) is 26.0 Å². The summed E-state index contributed by atoms with van der Waals surface area (Å²) in [6.45, 7) is 2.22. The number of nitrogen functional groups attached to an aromatic ring is 1. The maximum absolute atomic E-state index is 13.6. The predicted octanol–water partition coefficient (Wildman–Crippen LogP) is 1.41. The van der Waals surface area contributed by atoms with Gasteiger partial charge in [0.1, 0.15) is 17.4 Å². The van der Waals surface area contributed by atoms with E-state index in [2.05, 4.69) is 24.7 Å². The van der Waals surface area contributed by atoms with Gasteiger partial charge in [-0.3, -0.25) is 4.79 Å². The van der Waals surface area contributed by atoms with Crippen LogP contribution in [0.3, 0.4) is 0 Å². The highest BCUT2D eigenvalue weighted by atomic mass is 19.1. The number of carbonyl (C=O) groups is 2. The maximum atomic E-state index is 13.6. The Bertz CT molecular complexity index is 804. The van der Waals surface area contributed by atoms with E-state index in [9.17, 15) is 18.4 Å².